The Balaban J connectivity index is 4.27. The van der Waals surface area contributed by atoms with E-state index in [0.29, 0.717) is 6.42 Å². The topological polar surface area (TPSA) is 72.2 Å². The number of thiol groups is 1. The molecule has 0 aliphatic heterocycles. The summed E-state index contributed by atoms with van der Waals surface area (Å²) in [5, 5.41) is 2.47. The maximum absolute atomic E-state index is 10.9. The SMILES string of the molecule is CC(=O)NC(CC(C)(C)S)C(N)=O. The lowest BCUT2D eigenvalue weighted by atomic mass is 10.0. The van der Waals surface area contributed by atoms with Gasteiger partial charge >= 0.3 is 0 Å². The smallest absolute Gasteiger partial charge is 0.240 e. The number of carbonyl (C=O) groups excluding carboxylic acids is 2. The number of hydrogen-bond acceptors (Lipinski definition) is 3. The Morgan fingerprint density at radius 2 is 2.00 bits per heavy atom. The van der Waals surface area contributed by atoms with E-state index in [1.54, 1.807) is 0 Å². The molecule has 0 bridgehead atoms. The maximum atomic E-state index is 10.9. The van der Waals surface area contributed by atoms with E-state index in [-0.39, 0.29) is 10.7 Å². The summed E-state index contributed by atoms with van der Waals surface area (Å²) in [4.78, 5) is 21.6. The van der Waals surface area contributed by atoms with Crippen molar-refractivity contribution in [3.05, 3.63) is 0 Å². The molecule has 1 unspecified atom stereocenters. The molecule has 0 spiro atoms. The van der Waals surface area contributed by atoms with Crippen molar-refractivity contribution in [1.29, 1.82) is 0 Å². The van der Waals surface area contributed by atoms with Crippen LogP contribution in [0.25, 0.3) is 0 Å². The number of amides is 2. The minimum absolute atomic E-state index is 0.263. The average Bonchev–Trinajstić information content (AvgIpc) is 1.81. The molecule has 4 nitrogen and oxygen atoms in total. The molecule has 1 atom stereocenters. The molecule has 0 fully saturated rings. The predicted octanol–water partition coefficient (Wildman–Crippen LogP) is 0.0749. The van der Waals surface area contributed by atoms with E-state index in [1.165, 1.54) is 6.92 Å². The Hall–Kier alpha value is -0.710. The molecule has 0 radical (unpaired) electrons. The summed E-state index contributed by atoms with van der Waals surface area (Å²) in [6, 6.07) is -0.634. The fourth-order valence-corrected chi connectivity index (χ4v) is 1.15. The molecule has 0 aromatic carbocycles. The Bertz CT molecular complexity index is 211. The third kappa shape index (κ3) is 6.45. The molecule has 0 aromatic rings. The Labute approximate surface area is 83.7 Å². The van der Waals surface area contributed by atoms with Crippen molar-refractivity contribution in [2.24, 2.45) is 5.73 Å². The van der Waals surface area contributed by atoms with Crippen molar-refractivity contribution < 1.29 is 9.59 Å². The summed E-state index contributed by atoms with van der Waals surface area (Å²) < 4.78 is -0.331. The van der Waals surface area contributed by atoms with Gasteiger partial charge in [-0.2, -0.15) is 12.6 Å². The highest BCUT2D eigenvalue weighted by Crippen LogP contribution is 2.18. The molecule has 0 aliphatic rings. The zero-order valence-electron chi connectivity index (χ0n) is 8.13. The van der Waals surface area contributed by atoms with Crippen LogP contribution in [0.2, 0.25) is 0 Å². The van der Waals surface area contributed by atoms with Crippen LogP contribution < -0.4 is 11.1 Å². The van der Waals surface area contributed by atoms with Gasteiger partial charge < -0.3 is 11.1 Å². The van der Waals surface area contributed by atoms with E-state index in [0.717, 1.165) is 0 Å². The molecule has 0 aliphatic carbocycles. The Morgan fingerprint density at radius 3 is 2.23 bits per heavy atom. The van der Waals surface area contributed by atoms with Crippen molar-refractivity contribution in [3.8, 4) is 0 Å². The van der Waals surface area contributed by atoms with E-state index >= 15 is 0 Å². The Kier molecular flexibility index (Phi) is 4.26. The zero-order chi connectivity index (χ0) is 10.6. The molecule has 3 N–H and O–H groups in total. The third-order valence-corrected chi connectivity index (χ3v) is 1.61. The number of hydrogen-bond donors (Lipinski definition) is 3. The number of rotatable bonds is 4. The lowest BCUT2D eigenvalue weighted by Crippen LogP contribution is -2.46. The molecule has 0 saturated carbocycles. The molecule has 2 amide bonds. The van der Waals surface area contributed by atoms with Crippen LogP contribution >= 0.6 is 12.6 Å². The van der Waals surface area contributed by atoms with E-state index < -0.39 is 11.9 Å². The summed E-state index contributed by atoms with van der Waals surface area (Å²) >= 11 is 4.25. The second kappa shape index (κ2) is 4.50. The van der Waals surface area contributed by atoms with Crippen LogP contribution in [-0.4, -0.2) is 22.6 Å². The van der Waals surface area contributed by atoms with Crippen LogP contribution in [0.3, 0.4) is 0 Å². The first kappa shape index (κ1) is 12.3. The van der Waals surface area contributed by atoms with Crippen LogP contribution in [0.15, 0.2) is 0 Å². The standard InChI is InChI=1S/C8H16N2O2S/c1-5(11)10-6(7(9)12)4-8(2,3)13/h6,13H,4H2,1-3H3,(H2,9,12)(H,10,11). The fourth-order valence-electron chi connectivity index (χ4n) is 0.968. The number of primary amides is 1. The summed E-state index contributed by atoms with van der Waals surface area (Å²) in [7, 11) is 0. The second-order valence-corrected chi connectivity index (χ2v) is 4.88. The molecular weight excluding hydrogens is 188 g/mol. The molecule has 0 aromatic heterocycles. The highest BCUT2D eigenvalue weighted by molar-refractivity contribution is 7.81. The Morgan fingerprint density at radius 1 is 1.54 bits per heavy atom. The second-order valence-electron chi connectivity index (χ2n) is 3.67. The summed E-state index contributed by atoms with van der Waals surface area (Å²) in [6.07, 6.45) is 0.422. The molecule has 76 valence electrons. The summed E-state index contributed by atoms with van der Waals surface area (Å²) in [6.45, 7) is 5.06. The van der Waals surface area contributed by atoms with Gasteiger partial charge in [0.05, 0.1) is 0 Å². The van der Waals surface area contributed by atoms with Gasteiger partial charge in [-0.05, 0) is 6.42 Å². The van der Waals surface area contributed by atoms with E-state index in [2.05, 4.69) is 17.9 Å². The predicted molar refractivity (Wildman–Crippen MR) is 54.5 cm³/mol. The zero-order valence-corrected chi connectivity index (χ0v) is 9.02. The molecule has 0 saturated heterocycles. The minimum atomic E-state index is -0.634. The van der Waals surface area contributed by atoms with Gasteiger partial charge in [0.25, 0.3) is 0 Å². The first-order chi connectivity index (χ1) is 5.72. The summed E-state index contributed by atoms with van der Waals surface area (Å²) in [5.74, 6) is -0.793. The van der Waals surface area contributed by atoms with Crippen molar-refractivity contribution in [3.63, 3.8) is 0 Å². The van der Waals surface area contributed by atoms with Gasteiger partial charge in [0.2, 0.25) is 11.8 Å². The van der Waals surface area contributed by atoms with Gasteiger partial charge in [-0.3, -0.25) is 9.59 Å². The van der Waals surface area contributed by atoms with Crippen LogP contribution in [0.5, 0.6) is 0 Å². The molecule has 13 heavy (non-hydrogen) atoms. The molecule has 0 heterocycles. The summed E-state index contributed by atoms with van der Waals surface area (Å²) in [5.41, 5.74) is 5.10. The largest absolute Gasteiger partial charge is 0.368 e. The van der Waals surface area contributed by atoms with Crippen LogP contribution in [0.4, 0.5) is 0 Å². The van der Waals surface area contributed by atoms with E-state index in [4.69, 9.17) is 5.73 Å². The first-order valence-electron chi connectivity index (χ1n) is 4.01. The fraction of sp³-hybridized carbons (Fsp3) is 0.750. The van der Waals surface area contributed by atoms with Gasteiger partial charge in [0.1, 0.15) is 6.04 Å². The maximum Gasteiger partial charge on any atom is 0.240 e. The third-order valence-electron chi connectivity index (χ3n) is 1.42. The number of nitrogens with one attached hydrogen (secondary N) is 1. The van der Waals surface area contributed by atoms with Crippen molar-refractivity contribution >= 4 is 24.4 Å². The number of carbonyl (C=O) groups is 2. The van der Waals surface area contributed by atoms with Gasteiger partial charge in [-0.25, -0.2) is 0 Å². The monoisotopic (exact) mass is 204 g/mol. The lowest BCUT2D eigenvalue weighted by Gasteiger charge is -2.23. The van der Waals surface area contributed by atoms with Gasteiger partial charge in [0, 0.05) is 11.7 Å². The first-order valence-corrected chi connectivity index (χ1v) is 4.46. The quantitative estimate of drug-likeness (QED) is 0.567. The molecule has 0 rings (SSSR count). The van der Waals surface area contributed by atoms with E-state index in [1.807, 2.05) is 13.8 Å². The molecule has 5 heteroatoms. The van der Waals surface area contributed by atoms with Crippen molar-refractivity contribution in [2.45, 2.75) is 38.0 Å². The van der Waals surface area contributed by atoms with Crippen molar-refractivity contribution in [1.82, 2.24) is 5.32 Å². The van der Waals surface area contributed by atoms with Gasteiger partial charge in [-0.1, -0.05) is 13.8 Å². The van der Waals surface area contributed by atoms with Crippen LogP contribution in [-0.2, 0) is 9.59 Å². The highest BCUT2D eigenvalue weighted by Gasteiger charge is 2.24. The van der Waals surface area contributed by atoms with Crippen LogP contribution in [0.1, 0.15) is 27.2 Å². The average molecular weight is 204 g/mol. The van der Waals surface area contributed by atoms with Gasteiger partial charge in [0.15, 0.2) is 0 Å². The normalized spacial score (nSPS) is 13.5. The molecular formula is C8H16N2O2S. The lowest BCUT2D eigenvalue weighted by molar-refractivity contribution is -0.126. The number of nitrogens with two attached hydrogens (primary N) is 1. The minimum Gasteiger partial charge on any atom is -0.368 e. The highest BCUT2D eigenvalue weighted by atomic mass is 32.1. The van der Waals surface area contributed by atoms with Crippen LogP contribution in [0, 0.1) is 0 Å². The van der Waals surface area contributed by atoms with Crippen molar-refractivity contribution in [2.75, 3.05) is 0 Å². The van der Waals surface area contributed by atoms with E-state index in [9.17, 15) is 9.59 Å². The van der Waals surface area contributed by atoms with Gasteiger partial charge in [-0.15, -0.1) is 0 Å².